The summed E-state index contributed by atoms with van der Waals surface area (Å²) in [5.41, 5.74) is 0.986. The van der Waals surface area contributed by atoms with Gasteiger partial charge in [0.05, 0.1) is 16.9 Å². The molecule has 1 atom stereocenters. The fraction of sp³-hybridized carbons (Fsp3) is 0.435. The number of carbonyl (C=O) groups is 1. The second-order valence-electron chi connectivity index (χ2n) is 8.67. The second-order valence-corrected chi connectivity index (χ2v) is 8.67. The number of fused-ring (bicyclic) bond motifs is 1. The summed E-state index contributed by atoms with van der Waals surface area (Å²) in [5, 5.41) is 8.93. The third-order valence-corrected chi connectivity index (χ3v) is 6.17. The Morgan fingerprint density at radius 2 is 1.90 bits per heavy atom. The maximum Gasteiger partial charge on any atom is 0.274 e. The van der Waals surface area contributed by atoms with Crippen LogP contribution >= 0.6 is 0 Å². The van der Waals surface area contributed by atoms with Crippen molar-refractivity contribution in [3.63, 3.8) is 0 Å². The molecule has 1 aliphatic carbocycles. The Morgan fingerprint density at radius 3 is 2.61 bits per heavy atom. The molecule has 0 bridgehead atoms. The summed E-state index contributed by atoms with van der Waals surface area (Å²) in [7, 11) is 3.76. The van der Waals surface area contributed by atoms with E-state index in [0.717, 1.165) is 25.7 Å². The van der Waals surface area contributed by atoms with Gasteiger partial charge in [0.2, 0.25) is 0 Å². The average molecular weight is 419 g/mol. The van der Waals surface area contributed by atoms with Crippen LogP contribution in [0.5, 0.6) is 0 Å². The fourth-order valence-corrected chi connectivity index (χ4v) is 4.28. The molecule has 0 spiro atoms. The molecule has 0 N–H and O–H groups in total. The Kier molecular flexibility index (Phi) is 4.92. The van der Waals surface area contributed by atoms with Crippen LogP contribution in [-0.4, -0.2) is 51.2 Å². The van der Waals surface area contributed by atoms with Crippen molar-refractivity contribution in [2.24, 2.45) is 5.92 Å². The van der Waals surface area contributed by atoms with Crippen LogP contribution in [-0.2, 0) is 6.54 Å². The van der Waals surface area contributed by atoms with Crippen LogP contribution in [0.4, 0.5) is 5.82 Å². The highest BCUT2D eigenvalue weighted by Gasteiger charge is 2.36. The Balaban J connectivity index is 1.54. The lowest BCUT2D eigenvalue weighted by Gasteiger charge is -2.26. The van der Waals surface area contributed by atoms with Gasteiger partial charge in [0, 0.05) is 27.2 Å². The van der Waals surface area contributed by atoms with Crippen molar-refractivity contribution in [2.75, 3.05) is 25.5 Å². The van der Waals surface area contributed by atoms with E-state index >= 15 is 0 Å². The monoisotopic (exact) mass is 418 g/mol. The van der Waals surface area contributed by atoms with Gasteiger partial charge in [-0.2, -0.15) is 0 Å². The van der Waals surface area contributed by atoms with E-state index in [0.29, 0.717) is 47.2 Å². The van der Waals surface area contributed by atoms with Gasteiger partial charge in [0.15, 0.2) is 11.5 Å². The van der Waals surface area contributed by atoms with E-state index in [2.05, 4.69) is 10.2 Å². The van der Waals surface area contributed by atoms with Gasteiger partial charge in [0.1, 0.15) is 5.82 Å². The molecule has 8 heteroatoms. The molecule has 1 unspecified atom stereocenters. The SMILES string of the molecule is CN(C)c1ccc(C(=O)N2CCCC2c2nc3ccccc3c(=O)n2CC2CC2)nn1. The third kappa shape index (κ3) is 3.66. The Bertz CT molecular complexity index is 1180. The summed E-state index contributed by atoms with van der Waals surface area (Å²) in [4.78, 5) is 35.1. The highest BCUT2D eigenvalue weighted by atomic mass is 16.2. The van der Waals surface area contributed by atoms with E-state index in [-0.39, 0.29) is 17.5 Å². The zero-order valence-electron chi connectivity index (χ0n) is 17.9. The minimum absolute atomic E-state index is 0.0121. The molecule has 1 aliphatic heterocycles. The normalized spacial score (nSPS) is 18.5. The number of likely N-dealkylation sites (tertiary alicyclic amines) is 1. The van der Waals surface area contributed by atoms with Gasteiger partial charge in [-0.3, -0.25) is 14.2 Å². The molecule has 31 heavy (non-hydrogen) atoms. The number of anilines is 1. The van der Waals surface area contributed by atoms with Gasteiger partial charge < -0.3 is 9.80 Å². The Morgan fingerprint density at radius 1 is 1.10 bits per heavy atom. The maximum absolute atomic E-state index is 13.3. The van der Waals surface area contributed by atoms with Gasteiger partial charge in [-0.15, -0.1) is 10.2 Å². The minimum Gasteiger partial charge on any atom is -0.361 e. The van der Waals surface area contributed by atoms with Crippen molar-refractivity contribution in [3.8, 4) is 0 Å². The van der Waals surface area contributed by atoms with E-state index in [9.17, 15) is 9.59 Å². The summed E-state index contributed by atoms with van der Waals surface area (Å²) < 4.78 is 1.82. The molecule has 0 radical (unpaired) electrons. The summed E-state index contributed by atoms with van der Waals surface area (Å²) in [5.74, 6) is 1.75. The number of amides is 1. The fourth-order valence-electron chi connectivity index (χ4n) is 4.28. The van der Waals surface area contributed by atoms with Crippen LogP contribution in [0.2, 0.25) is 0 Å². The van der Waals surface area contributed by atoms with E-state index in [1.807, 2.05) is 47.8 Å². The molecular weight excluding hydrogens is 392 g/mol. The molecule has 2 fully saturated rings. The van der Waals surface area contributed by atoms with Crippen LogP contribution < -0.4 is 10.5 Å². The van der Waals surface area contributed by atoms with Crippen molar-refractivity contribution in [1.29, 1.82) is 0 Å². The van der Waals surface area contributed by atoms with Crippen LogP contribution in [0.1, 0.15) is 48.0 Å². The lowest BCUT2D eigenvalue weighted by molar-refractivity contribution is 0.0719. The zero-order valence-corrected chi connectivity index (χ0v) is 17.9. The second kappa shape index (κ2) is 7.76. The smallest absolute Gasteiger partial charge is 0.274 e. The van der Waals surface area contributed by atoms with E-state index in [1.54, 1.807) is 17.0 Å². The number of nitrogens with zero attached hydrogens (tertiary/aromatic N) is 6. The standard InChI is InChI=1S/C23H26N6O2/c1-27(2)20-12-11-18(25-26-20)23(31)28-13-5-8-19(28)21-24-17-7-4-3-6-16(17)22(30)29(21)14-15-9-10-15/h3-4,6-7,11-12,15,19H,5,8-10,13-14H2,1-2H3. The van der Waals surface area contributed by atoms with Crippen molar-refractivity contribution < 1.29 is 4.79 Å². The van der Waals surface area contributed by atoms with Crippen LogP contribution in [0, 0.1) is 5.92 Å². The number of hydrogen-bond acceptors (Lipinski definition) is 6. The van der Waals surface area contributed by atoms with E-state index in [4.69, 9.17) is 4.98 Å². The molecule has 1 saturated carbocycles. The highest BCUT2D eigenvalue weighted by Crippen LogP contribution is 2.35. The molecular formula is C23H26N6O2. The first-order valence-corrected chi connectivity index (χ1v) is 10.8. The topological polar surface area (TPSA) is 84.2 Å². The quantitative estimate of drug-likeness (QED) is 0.633. The minimum atomic E-state index is -0.237. The number of aromatic nitrogens is 4. The van der Waals surface area contributed by atoms with Crippen molar-refractivity contribution >= 4 is 22.6 Å². The molecule has 2 aromatic heterocycles. The van der Waals surface area contributed by atoms with Crippen LogP contribution in [0.3, 0.4) is 0 Å². The predicted octanol–water partition coefficient (Wildman–Crippen LogP) is 2.64. The Labute approximate surface area is 180 Å². The van der Waals surface area contributed by atoms with Crippen molar-refractivity contribution in [3.05, 3.63) is 58.3 Å². The lowest BCUT2D eigenvalue weighted by atomic mass is 10.1. The van der Waals surface area contributed by atoms with Gasteiger partial charge in [-0.05, 0) is 55.9 Å². The van der Waals surface area contributed by atoms with Gasteiger partial charge in [-0.25, -0.2) is 4.98 Å². The molecule has 1 saturated heterocycles. The van der Waals surface area contributed by atoms with Gasteiger partial charge in [0.25, 0.3) is 11.5 Å². The predicted molar refractivity (Wildman–Crippen MR) is 118 cm³/mol. The van der Waals surface area contributed by atoms with Crippen molar-refractivity contribution in [1.82, 2.24) is 24.6 Å². The summed E-state index contributed by atoms with van der Waals surface area (Å²) >= 11 is 0. The molecule has 8 nitrogen and oxygen atoms in total. The highest BCUT2D eigenvalue weighted by molar-refractivity contribution is 5.92. The molecule has 1 aromatic carbocycles. The molecule has 160 valence electrons. The summed E-state index contributed by atoms with van der Waals surface area (Å²) in [6, 6.07) is 10.7. The van der Waals surface area contributed by atoms with E-state index < -0.39 is 0 Å². The number of hydrogen-bond donors (Lipinski definition) is 0. The maximum atomic E-state index is 13.3. The molecule has 3 heterocycles. The number of para-hydroxylation sites is 1. The number of benzene rings is 1. The first kappa shape index (κ1) is 19.7. The van der Waals surface area contributed by atoms with Crippen LogP contribution in [0.25, 0.3) is 10.9 Å². The lowest BCUT2D eigenvalue weighted by Crippen LogP contribution is -2.36. The Hall–Kier alpha value is -3.29. The number of carbonyl (C=O) groups excluding carboxylic acids is 1. The molecule has 5 rings (SSSR count). The summed E-state index contributed by atoms with van der Waals surface area (Å²) in [6.45, 7) is 1.29. The first-order chi connectivity index (χ1) is 15.0. The van der Waals surface area contributed by atoms with Gasteiger partial charge in [-0.1, -0.05) is 12.1 Å². The molecule has 3 aromatic rings. The van der Waals surface area contributed by atoms with Gasteiger partial charge >= 0.3 is 0 Å². The number of rotatable bonds is 5. The van der Waals surface area contributed by atoms with Crippen molar-refractivity contribution in [2.45, 2.75) is 38.3 Å². The molecule has 2 aliphatic rings. The van der Waals surface area contributed by atoms with E-state index in [1.165, 1.54) is 0 Å². The molecule has 1 amide bonds. The largest absolute Gasteiger partial charge is 0.361 e. The van der Waals surface area contributed by atoms with Crippen LogP contribution in [0.15, 0.2) is 41.2 Å². The average Bonchev–Trinajstić information content (AvgIpc) is 3.48. The zero-order chi connectivity index (χ0) is 21.5. The third-order valence-electron chi connectivity index (χ3n) is 6.17. The summed E-state index contributed by atoms with van der Waals surface area (Å²) in [6.07, 6.45) is 3.93. The first-order valence-electron chi connectivity index (χ1n) is 10.8.